The summed E-state index contributed by atoms with van der Waals surface area (Å²) in [6, 6.07) is 15.4. The van der Waals surface area contributed by atoms with E-state index in [1.807, 2.05) is 49.4 Å². The van der Waals surface area contributed by atoms with Crippen LogP contribution in [0.5, 0.6) is 0 Å². The molecule has 1 aliphatic carbocycles. The molecule has 0 heterocycles. The fourth-order valence-electron chi connectivity index (χ4n) is 3.40. The minimum atomic E-state index is -0.831. The van der Waals surface area contributed by atoms with E-state index in [2.05, 4.69) is 0 Å². The summed E-state index contributed by atoms with van der Waals surface area (Å²) in [6.45, 7) is 4.02. The zero-order valence-electron chi connectivity index (χ0n) is 14.9. The third-order valence-corrected chi connectivity index (χ3v) is 4.94. The largest absolute Gasteiger partial charge is 0.465 e. The van der Waals surface area contributed by atoms with E-state index < -0.39 is 11.9 Å². The quantitative estimate of drug-likeness (QED) is 0.565. The van der Waals surface area contributed by atoms with Gasteiger partial charge in [-0.25, -0.2) is 0 Å². The topological polar surface area (TPSA) is 43.4 Å². The first kappa shape index (κ1) is 18.4. The summed E-state index contributed by atoms with van der Waals surface area (Å²) in [6.07, 6.45) is 2.17. The Kier molecular flexibility index (Phi) is 5.58. The molecule has 0 unspecified atom stereocenters. The first-order chi connectivity index (χ1) is 12.5. The van der Waals surface area contributed by atoms with Crippen molar-refractivity contribution in [3.8, 4) is 0 Å². The van der Waals surface area contributed by atoms with Crippen molar-refractivity contribution in [3.63, 3.8) is 0 Å². The molecule has 2 atom stereocenters. The van der Waals surface area contributed by atoms with Crippen molar-refractivity contribution in [3.05, 3.63) is 76.3 Å². The van der Waals surface area contributed by atoms with Crippen molar-refractivity contribution in [2.75, 3.05) is 6.61 Å². The van der Waals surface area contributed by atoms with Crippen molar-refractivity contribution in [2.24, 2.45) is 5.92 Å². The summed E-state index contributed by atoms with van der Waals surface area (Å²) in [5, 5.41) is 0.587. The van der Waals surface area contributed by atoms with E-state index in [1.54, 1.807) is 19.1 Å². The lowest BCUT2D eigenvalue weighted by atomic mass is 9.73. The molecule has 0 fully saturated rings. The Balaban J connectivity index is 2.02. The molecule has 0 radical (unpaired) electrons. The summed E-state index contributed by atoms with van der Waals surface area (Å²) in [5.74, 6) is -1.80. The van der Waals surface area contributed by atoms with Crippen LogP contribution >= 0.6 is 11.6 Å². The average molecular weight is 369 g/mol. The Bertz CT molecular complexity index is 852. The van der Waals surface area contributed by atoms with Gasteiger partial charge < -0.3 is 4.74 Å². The lowest BCUT2D eigenvalue weighted by Gasteiger charge is -2.29. The van der Waals surface area contributed by atoms with E-state index in [0.29, 0.717) is 11.4 Å². The maximum absolute atomic E-state index is 12.8. The summed E-state index contributed by atoms with van der Waals surface area (Å²) >= 11 is 6.14. The number of hydrogen-bond acceptors (Lipinski definition) is 3. The van der Waals surface area contributed by atoms with Crippen LogP contribution in [0.4, 0.5) is 0 Å². The predicted octanol–water partition coefficient (Wildman–Crippen LogP) is 4.97. The van der Waals surface area contributed by atoms with Crippen LogP contribution in [-0.2, 0) is 14.3 Å². The number of ether oxygens (including phenoxy) is 1. The second-order valence-corrected chi connectivity index (χ2v) is 6.97. The van der Waals surface area contributed by atoms with E-state index in [0.717, 1.165) is 22.3 Å². The highest BCUT2D eigenvalue weighted by atomic mass is 35.5. The summed E-state index contributed by atoms with van der Waals surface area (Å²) in [5.41, 5.74) is 3.97. The highest BCUT2D eigenvalue weighted by Crippen LogP contribution is 2.40. The second kappa shape index (κ2) is 7.88. The van der Waals surface area contributed by atoms with Crippen LogP contribution in [0.3, 0.4) is 0 Å². The molecule has 26 heavy (non-hydrogen) atoms. The van der Waals surface area contributed by atoms with Gasteiger partial charge in [0.05, 0.1) is 6.61 Å². The van der Waals surface area contributed by atoms with E-state index in [1.165, 1.54) is 0 Å². The Morgan fingerprint density at radius 1 is 1.19 bits per heavy atom. The van der Waals surface area contributed by atoms with Crippen molar-refractivity contribution < 1.29 is 14.3 Å². The van der Waals surface area contributed by atoms with Gasteiger partial charge in [-0.05, 0) is 55.2 Å². The summed E-state index contributed by atoms with van der Waals surface area (Å²) in [7, 11) is 0. The van der Waals surface area contributed by atoms with Crippen LogP contribution in [0.25, 0.3) is 5.57 Å². The van der Waals surface area contributed by atoms with Gasteiger partial charge in [0.2, 0.25) is 0 Å². The van der Waals surface area contributed by atoms with E-state index in [-0.39, 0.29) is 18.3 Å². The van der Waals surface area contributed by atoms with Crippen LogP contribution < -0.4 is 0 Å². The number of hydrogen-bond donors (Lipinski definition) is 0. The number of carbonyl (C=O) groups is 2. The molecule has 0 spiro atoms. The molecule has 0 amide bonds. The molecule has 0 saturated heterocycles. The van der Waals surface area contributed by atoms with Crippen LogP contribution in [0.2, 0.25) is 5.02 Å². The average Bonchev–Trinajstić information content (AvgIpc) is 2.61. The highest BCUT2D eigenvalue weighted by Gasteiger charge is 2.39. The minimum Gasteiger partial charge on any atom is -0.465 e. The molecule has 1 aliphatic rings. The molecule has 3 rings (SSSR count). The van der Waals surface area contributed by atoms with Crippen molar-refractivity contribution in [1.82, 2.24) is 0 Å². The second-order valence-electron chi connectivity index (χ2n) is 6.53. The van der Waals surface area contributed by atoms with Crippen LogP contribution in [-0.4, -0.2) is 18.4 Å². The molecule has 0 aromatic heterocycles. The van der Waals surface area contributed by atoms with Gasteiger partial charge in [0, 0.05) is 10.9 Å². The minimum absolute atomic E-state index is 0.213. The lowest BCUT2D eigenvalue weighted by molar-refractivity contribution is -0.151. The van der Waals surface area contributed by atoms with E-state index in [9.17, 15) is 9.59 Å². The van der Waals surface area contributed by atoms with E-state index >= 15 is 0 Å². The summed E-state index contributed by atoms with van der Waals surface area (Å²) in [4.78, 5) is 25.3. The van der Waals surface area contributed by atoms with Gasteiger partial charge in [0.1, 0.15) is 5.92 Å². The number of esters is 1. The number of aryl methyl sites for hydroxylation is 1. The Morgan fingerprint density at radius 2 is 1.92 bits per heavy atom. The number of halogens is 1. The standard InChI is InChI=1S/C22H21ClO3/c1-3-26-22(25)21-19(16-5-4-6-18(23)11-16)12-17(13-20(21)24)15-9-7-14(2)8-10-15/h4-11,13,19,21H,3,12H2,1-2H3/t19-,21-/m1/s1. The maximum atomic E-state index is 12.8. The molecular formula is C22H21ClO3. The van der Waals surface area contributed by atoms with Gasteiger partial charge in [-0.2, -0.15) is 0 Å². The van der Waals surface area contributed by atoms with Gasteiger partial charge in [0.25, 0.3) is 0 Å². The summed E-state index contributed by atoms with van der Waals surface area (Å²) < 4.78 is 5.17. The molecule has 2 aromatic carbocycles. The van der Waals surface area contributed by atoms with Gasteiger partial charge >= 0.3 is 5.97 Å². The smallest absolute Gasteiger partial charge is 0.317 e. The SMILES string of the molecule is CCOC(=O)[C@H]1C(=O)C=C(c2ccc(C)cc2)C[C@@H]1c1cccc(Cl)c1. The predicted molar refractivity (Wildman–Crippen MR) is 103 cm³/mol. The number of benzene rings is 2. The zero-order valence-corrected chi connectivity index (χ0v) is 15.6. The lowest BCUT2D eigenvalue weighted by Crippen LogP contribution is -2.34. The molecule has 4 heteroatoms. The Labute approximate surface area is 158 Å². The molecule has 0 N–H and O–H groups in total. The first-order valence-electron chi connectivity index (χ1n) is 8.73. The Hall–Kier alpha value is -2.39. The number of rotatable bonds is 4. The third-order valence-electron chi connectivity index (χ3n) is 4.70. The molecule has 0 bridgehead atoms. The third kappa shape index (κ3) is 3.88. The van der Waals surface area contributed by atoms with Crippen molar-refractivity contribution in [2.45, 2.75) is 26.2 Å². The monoisotopic (exact) mass is 368 g/mol. The van der Waals surface area contributed by atoms with Crippen LogP contribution in [0.1, 0.15) is 36.0 Å². The number of allylic oxidation sites excluding steroid dienone is 2. The van der Waals surface area contributed by atoms with Gasteiger partial charge in [-0.1, -0.05) is 53.6 Å². The maximum Gasteiger partial charge on any atom is 0.317 e. The van der Waals surface area contributed by atoms with E-state index in [4.69, 9.17) is 16.3 Å². The van der Waals surface area contributed by atoms with Crippen molar-refractivity contribution >= 4 is 28.9 Å². The van der Waals surface area contributed by atoms with Gasteiger partial charge in [0.15, 0.2) is 5.78 Å². The molecule has 3 nitrogen and oxygen atoms in total. The normalized spacial score (nSPS) is 19.8. The molecule has 2 aromatic rings. The molecule has 0 saturated carbocycles. The Morgan fingerprint density at radius 3 is 2.58 bits per heavy atom. The van der Waals surface area contributed by atoms with Crippen LogP contribution in [0.15, 0.2) is 54.6 Å². The van der Waals surface area contributed by atoms with Crippen LogP contribution in [0, 0.1) is 12.8 Å². The van der Waals surface area contributed by atoms with Gasteiger partial charge in [-0.3, -0.25) is 9.59 Å². The highest BCUT2D eigenvalue weighted by molar-refractivity contribution is 6.30. The zero-order chi connectivity index (χ0) is 18.7. The fourth-order valence-corrected chi connectivity index (χ4v) is 3.60. The molecule has 134 valence electrons. The number of ketones is 1. The van der Waals surface area contributed by atoms with Gasteiger partial charge in [-0.15, -0.1) is 0 Å². The molecular weight excluding hydrogens is 348 g/mol. The first-order valence-corrected chi connectivity index (χ1v) is 9.11. The van der Waals surface area contributed by atoms with Crippen molar-refractivity contribution in [1.29, 1.82) is 0 Å². The number of carbonyl (C=O) groups excluding carboxylic acids is 2. The molecule has 0 aliphatic heterocycles. The fraction of sp³-hybridized carbons (Fsp3) is 0.273.